The molecule has 0 amide bonds. The van der Waals surface area contributed by atoms with Crippen molar-refractivity contribution in [2.24, 2.45) is 5.84 Å². The normalized spacial score (nSPS) is 11.9. The summed E-state index contributed by atoms with van der Waals surface area (Å²) in [5.41, 5.74) is 2.42. The van der Waals surface area contributed by atoms with E-state index in [1.54, 1.807) is 19.1 Å². The van der Waals surface area contributed by atoms with Gasteiger partial charge in [-0.05, 0) is 30.7 Å². The van der Waals surface area contributed by atoms with E-state index in [4.69, 9.17) is 5.84 Å². The van der Waals surface area contributed by atoms with Crippen molar-refractivity contribution in [3.8, 4) is 0 Å². The number of fused-ring (bicyclic) bond motifs is 1. The summed E-state index contributed by atoms with van der Waals surface area (Å²) < 4.78 is 38.9. The van der Waals surface area contributed by atoms with Crippen LogP contribution >= 0.6 is 15.9 Å². The van der Waals surface area contributed by atoms with Gasteiger partial charge in [-0.3, -0.25) is 5.84 Å². The van der Waals surface area contributed by atoms with Crippen molar-refractivity contribution in [3.05, 3.63) is 33.9 Å². The number of rotatable bonds is 1. The Balaban J connectivity index is 2.84. The van der Waals surface area contributed by atoms with Gasteiger partial charge < -0.3 is 5.43 Å². The number of aryl methyl sites for hydroxylation is 1. The fourth-order valence-corrected chi connectivity index (χ4v) is 2.29. The van der Waals surface area contributed by atoms with Crippen LogP contribution in [0.1, 0.15) is 11.3 Å². The van der Waals surface area contributed by atoms with Crippen LogP contribution in [0.25, 0.3) is 10.9 Å². The molecule has 2 rings (SSSR count). The maximum atomic E-state index is 12.7. The third-order valence-electron chi connectivity index (χ3n) is 2.51. The van der Waals surface area contributed by atoms with E-state index in [1.165, 1.54) is 0 Å². The Morgan fingerprint density at radius 1 is 1.28 bits per heavy atom. The molecule has 0 radical (unpaired) electrons. The number of pyridine rings is 1. The van der Waals surface area contributed by atoms with Crippen LogP contribution in [0.4, 0.5) is 18.9 Å². The van der Waals surface area contributed by atoms with Crippen molar-refractivity contribution >= 4 is 32.5 Å². The van der Waals surface area contributed by atoms with Gasteiger partial charge in [-0.1, -0.05) is 15.9 Å². The minimum absolute atomic E-state index is 0.191. The van der Waals surface area contributed by atoms with Crippen LogP contribution in [0.2, 0.25) is 0 Å². The van der Waals surface area contributed by atoms with Crippen LogP contribution < -0.4 is 11.3 Å². The number of nitrogen functional groups attached to an aromatic ring is 1. The molecule has 0 aliphatic carbocycles. The molecular weight excluding hydrogens is 311 g/mol. The lowest BCUT2D eigenvalue weighted by Gasteiger charge is -2.13. The van der Waals surface area contributed by atoms with Gasteiger partial charge in [0.25, 0.3) is 0 Å². The zero-order valence-corrected chi connectivity index (χ0v) is 10.9. The van der Waals surface area contributed by atoms with Gasteiger partial charge in [0.05, 0.1) is 11.2 Å². The van der Waals surface area contributed by atoms with Gasteiger partial charge in [-0.2, -0.15) is 13.2 Å². The van der Waals surface area contributed by atoms with E-state index in [-0.39, 0.29) is 11.2 Å². The molecule has 7 heteroatoms. The summed E-state index contributed by atoms with van der Waals surface area (Å²) in [4.78, 5) is 3.65. The molecule has 1 aromatic carbocycles. The molecule has 3 nitrogen and oxygen atoms in total. The fourth-order valence-electron chi connectivity index (χ4n) is 1.72. The Bertz CT molecular complexity index is 610. The molecule has 1 heterocycles. The predicted molar refractivity (Wildman–Crippen MR) is 67.0 cm³/mol. The number of halogens is 4. The van der Waals surface area contributed by atoms with E-state index in [1.807, 2.05) is 0 Å². The quantitative estimate of drug-likeness (QED) is 0.623. The monoisotopic (exact) mass is 319 g/mol. The number of hydrogen-bond donors (Lipinski definition) is 2. The highest BCUT2D eigenvalue weighted by molar-refractivity contribution is 9.10. The number of nitrogens with zero attached hydrogens (tertiary/aromatic N) is 1. The molecule has 0 fully saturated rings. The minimum atomic E-state index is -4.50. The molecule has 96 valence electrons. The van der Waals surface area contributed by atoms with Crippen LogP contribution in [0, 0.1) is 6.92 Å². The van der Waals surface area contributed by atoms with Crippen LogP contribution in [0.15, 0.2) is 22.7 Å². The number of benzene rings is 1. The second-order valence-electron chi connectivity index (χ2n) is 3.82. The topological polar surface area (TPSA) is 50.9 Å². The maximum absolute atomic E-state index is 12.7. The van der Waals surface area contributed by atoms with Gasteiger partial charge >= 0.3 is 6.18 Å². The average Bonchev–Trinajstić information content (AvgIpc) is 2.26. The van der Waals surface area contributed by atoms with Crippen molar-refractivity contribution in [2.75, 3.05) is 5.43 Å². The Morgan fingerprint density at radius 2 is 1.94 bits per heavy atom. The minimum Gasteiger partial charge on any atom is -0.323 e. The van der Waals surface area contributed by atoms with Crippen LogP contribution in [-0.2, 0) is 6.18 Å². The lowest BCUT2D eigenvalue weighted by molar-refractivity contribution is -0.140. The largest absolute Gasteiger partial charge is 0.433 e. The van der Waals surface area contributed by atoms with Crippen molar-refractivity contribution in [1.82, 2.24) is 4.98 Å². The highest BCUT2D eigenvalue weighted by Gasteiger charge is 2.33. The molecule has 0 saturated carbocycles. The molecule has 0 bridgehead atoms. The van der Waals surface area contributed by atoms with Crippen molar-refractivity contribution in [1.29, 1.82) is 0 Å². The molecule has 2 aromatic rings. The molecule has 0 spiro atoms. The molecule has 0 unspecified atom stereocenters. The zero-order chi connectivity index (χ0) is 13.5. The second kappa shape index (κ2) is 4.40. The second-order valence-corrected chi connectivity index (χ2v) is 4.73. The van der Waals surface area contributed by atoms with Crippen LogP contribution in [-0.4, -0.2) is 4.98 Å². The summed E-state index contributed by atoms with van der Waals surface area (Å²) in [5, 5.41) is 0.539. The number of alkyl halides is 3. The Hall–Kier alpha value is -1.34. The molecule has 0 aliphatic rings. The molecule has 0 saturated heterocycles. The van der Waals surface area contributed by atoms with Crippen molar-refractivity contribution in [2.45, 2.75) is 13.1 Å². The van der Waals surface area contributed by atoms with Crippen LogP contribution in [0.3, 0.4) is 0 Å². The highest BCUT2D eigenvalue weighted by atomic mass is 79.9. The Morgan fingerprint density at radius 3 is 2.50 bits per heavy atom. The molecule has 1 aromatic heterocycles. The summed E-state index contributed by atoms with van der Waals surface area (Å²) in [7, 11) is 0. The molecular formula is C11H9BrF3N3. The van der Waals surface area contributed by atoms with E-state index in [0.717, 1.165) is 10.5 Å². The first-order chi connectivity index (χ1) is 8.32. The number of nitrogens with two attached hydrogens (primary N) is 1. The SMILES string of the molecule is Cc1cc(Br)cc2c(NN)cc(C(F)(F)F)nc12. The van der Waals surface area contributed by atoms with Crippen molar-refractivity contribution < 1.29 is 13.2 Å². The average molecular weight is 320 g/mol. The molecule has 0 aliphatic heterocycles. The number of aromatic nitrogens is 1. The zero-order valence-electron chi connectivity index (χ0n) is 9.27. The lowest BCUT2D eigenvalue weighted by Crippen LogP contribution is -2.13. The fraction of sp³-hybridized carbons (Fsp3) is 0.182. The number of hydrazine groups is 1. The number of nitrogens with one attached hydrogen (secondary N) is 1. The summed E-state index contributed by atoms with van der Waals surface area (Å²) in [5.74, 6) is 5.27. The highest BCUT2D eigenvalue weighted by Crippen LogP contribution is 2.34. The number of hydrogen-bond acceptors (Lipinski definition) is 3. The predicted octanol–water partition coefficient (Wildman–Crippen LogP) is 3.61. The summed E-state index contributed by atoms with van der Waals surface area (Å²) in [6.07, 6.45) is -4.50. The third kappa shape index (κ3) is 2.28. The van der Waals surface area contributed by atoms with Crippen molar-refractivity contribution in [3.63, 3.8) is 0 Å². The Kier molecular flexibility index (Phi) is 3.20. The number of anilines is 1. The maximum Gasteiger partial charge on any atom is 0.433 e. The standard InChI is InChI=1S/C11H9BrF3N3/c1-5-2-6(12)3-7-8(18-16)4-9(11(13,14)15)17-10(5)7/h2-4H,16H2,1H3,(H,17,18). The van der Waals surface area contributed by atoms with Gasteiger partial charge in [0.15, 0.2) is 0 Å². The summed E-state index contributed by atoms with van der Waals surface area (Å²) >= 11 is 3.29. The van der Waals surface area contributed by atoms with Gasteiger partial charge in [0, 0.05) is 9.86 Å². The van der Waals surface area contributed by atoms with E-state index in [9.17, 15) is 13.2 Å². The molecule has 18 heavy (non-hydrogen) atoms. The molecule has 0 atom stereocenters. The molecule has 3 N–H and O–H groups in total. The van der Waals surface area contributed by atoms with E-state index in [0.29, 0.717) is 10.9 Å². The van der Waals surface area contributed by atoms with Gasteiger partial charge in [-0.25, -0.2) is 4.98 Å². The van der Waals surface area contributed by atoms with E-state index < -0.39 is 11.9 Å². The Labute approximate surface area is 109 Å². The van der Waals surface area contributed by atoms with Crippen LogP contribution in [0.5, 0.6) is 0 Å². The van der Waals surface area contributed by atoms with E-state index in [2.05, 4.69) is 26.3 Å². The van der Waals surface area contributed by atoms with Gasteiger partial charge in [-0.15, -0.1) is 0 Å². The van der Waals surface area contributed by atoms with Gasteiger partial charge in [0.2, 0.25) is 0 Å². The summed E-state index contributed by atoms with van der Waals surface area (Å²) in [6.45, 7) is 1.69. The summed E-state index contributed by atoms with van der Waals surface area (Å²) in [6, 6.07) is 4.27. The van der Waals surface area contributed by atoms with Gasteiger partial charge in [0.1, 0.15) is 5.69 Å². The first kappa shape index (κ1) is 13.1. The lowest BCUT2D eigenvalue weighted by atomic mass is 10.1. The van der Waals surface area contributed by atoms with E-state index >= 15 is 0 Å². The smallest absolute Gasteiger partial charge is 0.323 e. The first-order valence-electron chi connectivity index (χ1n) is 4.97. The first-order valence-corrected chi connectivity index (χ1v) is 5.77. The third-order valence-corrected chi connectivity index (χ3v) is 2.97.